The van der Waals surface area contributed by atoms with Crippen molar-refractivity contribution < 1.29 is 28.2 Å². The molecule has 0 unspecified atom stereocenters. The van der Waals surface area contributed by atoms with Crippen LogP contribution < -0.4 is 11.2 Å². The second-order valence-corrected chi connectivity index (χ2v) is 12.2. The van der Waals surface area contributed by atoms with Crippen LogP contribution in [-0.4, -0.2) is 44.9 Å². The number of carbonyl (C=O) groups excluding carboxylic acids is 2. The number of hydrogen-bond donors (Lipinski definition) is 0. The molecule has 1 aromatic carbocycles. The van der Waals surface area contributed by atoms with Crippen molar-refractivity contribution in [2.24, 2.45) is 0 Å². The fourth-order valence-electron chi connectivity index (χ4n) is 4.49. The highest BCUT2D eigenvalue weighted by Gasteiger charge is 2.39. The summed E-state index contributed by atoms with van der Waals surface area (Å²) in [5.74, 6) is -0.993. The predicted molar refractivity (Wildman–Crippen MR) is 158 cm³/mol. The Morgan fingerprint density at radius 1 is 1.10 bits per heavy atom. The zero-order valence-corrected chi connectivity index (χ0v) is 25.6. The molecule has 0 spiro atoms. The Labute approximate surface area is 246 Å². The molecule has 0 bridgehead atoms. The smallest absolute Gasteiger partial charge is 0.333 e. The van der Waals surface area contributed by atoms with Crippen LogP contribution in [0.2, 0.25) is 0 Å². The van der Waals surface area contributed by atoms with E-state index in [4.69, 9.17) is 18.6 Å². The summed E-state index contributed by atoms with van der Waals surface area (Å²) in [6.07, 6.45) is 2.13. The van der Waals surface area contributed by atoms with Gasteiger partial charge in [0, 0.05) is 0 Å². The van der Waals surface area contributed by atoms with Gasteiger partial charge in [-0.15, -0.1) is 11.3 Å². The second kappa shape index (κ2) is 12.1. The number of aromatic nitrogens is 3. The number of esters is 2. The summed E-state index contributed by atoms with van der Waals surface area (Å²) in [6, 6.07) is 9.10. The predicted octanol–water partition coefficient (Wildman–Crippen LogP) is 4.59. The standard InChI is InChI=1S/C30H35N3O8S/c1-8-38-21(34)17-40-20(19-12-10-9-11-13-19)16-32-26-22(18(2)23(42-26)24-31-14-15-39-24)25(35)33(28(32)37)30(6,7)27(36)41-29(3,4)5/h9-15,20H,8,16-17H2,1-7H3/t20-/m0/s1. The van der Waals surface area contributed by atoms with Crippen molar-refractivity contribution in [3.8, 4) is 10.8 Å². The summed E-state index contributed by atoms with van der Waals surface area (Å²) >= 11 is 1.17. The van der Waals surface area contributed by atoms with E-state index in [9.17, 15) is 19.2 Å². The summed E-state index contributed by atoms with van der Waals surface area (Å²) in [6.45, 7) is 11.3. The summed E-state index contributed by atoms with van der Waals surface area (Å²) in [5.41, 5.74) is -2.64. The van der Waals surface area contributed by atoms with Crippen molar-refractivity contribution in [1.82, 2.24) is 14.1 Å². The molecule has 42 heavy (non-hydrogen) atoms. The molecule has 224 valence electrons. The van der Waals surface area contributed by atoms with Gasteiger partial charge in [0.1, 0.15) is 34.9 Å². The lowest BCUT2D eigenvalue weighted by atomic mass is 10.0. The first kappa shape index (κ1) is 30.9. The van der Waals surface area contributed by atoms with E-state index in [0.29, 0.717) is 26.7 Å². The first-order valence-corrected chi connectivity index (χ1v) is 14.3. The van der Waals surface area contributed by atoms with E-state index in [1.165, 1.54) is 42.2 Å². The van der Waals surface area contributed by atoms with E-state index in [2.05, 4.69) is 4.98 Å². The summed E-state index contributed by atoms with van der Waals surface area (Å²) in [4.78, 5) is 59.0. The largest absolute Gasteiger partial charge is 0.464 e. The van der Waals surface area contributed by atoms with Crippen molar-refractivity contribution in [2.75, 3.05) is 13.2 Å². The fraction of sp³-hybridized carbons (Fsp3) is 0.433. The molecule has 3 aromatic heterocycles. The van der Waals surface area contributed by atoms with Crippen LogP contribution in [0.25, 0.3) is 21.0 Å². The van der Waals surface area contributed by atoms with Crippen molar-refractivity contribution in [2.45, 2.75) is 72.3 Å². The van der Waals surface area contributed by atoms with E-state index in [1.807, 2.05) is 30.3 Å². The number of benzene rings is 1. The van der Waals surface area contributed by atoms with Gasteiger partial charge in [-0.3, -0.25) is 9.36 Å². The third kappa shape index (κ3) is 6.24. The van der Waals surface area contributed by atoms with Crippen LogP contribution in [0, 0.1) is 6.92 Å². The first-order valence-electron chi connectivity index (χ1n) is 13.5. The molecule has 11 nitrogen and oxygen atoms in total. The molecule has 1 atom stereocenters. The molecule has 0 amide bonds. The number of nitrogens with zero attached hydrogens (tertiary/aromatic N) is 3. The Kier molecular flexibility index (Phi) is 8.88. The lowest BCUT2D eigenvalue weighted by Gasteiger charge is -2.30. The zero-order chi connectivity index (χ0) is 30.8. The molecular formula is C30H35N3O8S. The summed E-state index contributed by atoms with van der Waals surface area (Å²) in [5, 5.41) is 0.238. The minimum Gasteiger partial charge on any atom is -0.464 e. The third-order valence-electron chi connectivity index (χ3n) is 6.52. The Balaban J connectivity index is 1.96. The molecule has 4 rings (SSSR count). The van der Waals surface area contributed by atoms with Crippen LogP contribution >= 0.6 is 11.3 Å². The molecule has 0 saturated heterocycles. The molecule has 4 aromatic rings. The Morgan fingerprint density at radius 3 is 2.38 bits per heavy atom. The van der Waals surface area contributed by atoms with Gasteiger partial charge in [0.2, 0.25) is 5.89 Å². The topological polar surface area (TPSA) is 132 Å². The number of ether oxygens (including phenoxy) is 3. The van der Waals surface area contributed by atoms with E-state index in [1.54, 1.807) is 34.6 Å². The van der Waals surface area contributed by atoms with Crippen LogP contribution in [0.3, 0.4) is 0 Å². The average Bonchev–Trinajstić information content (AvgIpc) is 3.56. The highest BCUT2D eigenvalue weighted by Crippen LogP contribution is 2.36. The molecule has 3 heterocycles. The number of oxazole rings is 1. The third-order valence-corrected chi connectivity index (χ3v) is 7.83. The molecule has 0 saturated carbocycles. The van der Waals surface area contributed by atoms with Gasteiger partial charge in [0.15, 0.2) is 0 Å². The summed E-state index contributed by atoms with van der Waals surface area (Å²) < 4.78 is 24.5. The Hall–Kier alpha value is -4.03. The molecule has 0 aliphatic heterocycles. The average molecular weight is 598 g/mol. The van der Waals surface area contributed by atoms with Gasteiger partial charge in [-0.1, -0.05) is 30.3 Å². The molecule has 0 aliphatic rings. The maximum atomic E-state index is 14.3. The van der Waals surface area contributed by atoms with E-state index in [0.717, 1.165) is 4.57 Å². The molecule has 0 N–H and O–H groups in total. The van der Waals surface area contributed by atoms with Crippen molar-refractivity contribution >= 4 is 33.5 Å². The van der Waals surface area contributed by atoms with Crippen molar-refractivity contribution in [3.63, 3.8) is 0 Å². The van der Waals surface area contributed by atoms with Gasteiger partial charge in [-0.25, -0.2) is 23.9 Å². The Bertz CT molecular complexity index is 1690. The SMILES string of the molecule is CCOC(=O)CO[C@@H](Cn1c(=O)n(C(C)(C)C(=O)OC(C)(C)C)c(=O)c2c(C)c(-c3ncco3)sc21)c1ccccc1. The van der Waals surface area contributed by atoms with Gasteiger partial charge in [0.05, 0.1) is 29.6 Å². The first-order chi connectivity index (χ1) is 19.8. The quantitative estimate of drug-likeness (QED) is 0.241. The highest BCUT2D eigenvalue weighted by molar-refractivity contribution is 7.22. The zero-order valence-electron chi connectivity index (χ0n) is 24.8. The molecule has 12 heteroatoms. The van der Waals surface area contributed by atoms with Gasteiger partial charge in [-0.05, 0) is 59.6 Å². The van der Waals surface area contributed by atoms with Crippen LogP contribution in [0.15, 0.2) is 56.8 Å². The fourth-order valence-corrected chi connectivity index (χ4v) is 5.74. The number of aryl methyl sites for hydroxylation is 1. The van der Waals surface area contributed by atoms with Gasteiger partial charge < -0.3 is 18.6 Å². The van der Waals surface area contributed by atoms with Crippen molar-refractivity contribution in [1.29, 1.82) is 0 Å². The minimum atomic E-state index is -1.66. The summed E-state index contributed by atoms with van der Waals surface area (Å²) in [7, 11) is 0. The molecule has 0 aliphatic carbocycles. The molecular weight excluding hydrogens is 562 g/mol. The maximum Gasteiger partial charge on any atom is 0.333 e. The van der Waals surface area contributed by atoms with Crippen LogP contribution in [0.1, 0.15) is 58.8 Å². The number of carbonyl (C=O) groups is 2. The minimum absolute atomic E-state index is 0.0750. The van der Waals surface area contributed by atoms with Gasteiger partial charge in [-0.2, -0.15) is 0 Å². The number of hydrogen-bond acceptors (Lipinski definition) is 10. The maximum absolute atomic E-state index is 14.3. The number of thiophene rings is 1. The molecule has 0 fully saturated rings. The monoisotopic (exact) mass is 597 g/mol. The van der Waals surface area contributed by atoms with E-state index in [-0.39, 0.29) is 25.1 Å². The normalized spacial score (nSPS) is 12.8. The van der Waals surface area contributed by atoms with Crippen molar-refractivity contribution in [3.05, 3.63) is 74.8 Å². The number of rotatable bonds is 10. The number of fused-ring (bicyclic) bond motifs is 1. The molecule has 0 radical (unpaired) electrons. The van der Waals surface area contributed by atoms with Crippen LogP contribution in [-0.2, 0) is 35.9 Å². The lowest BCUT2D eigenvalue weighted by Crippen LogP contribution is -2.54. The van der Waals surface area contributed by atoms with Crippen LogP contribution in [0.4, 0.5) is 0 Å². The lowest BCUT2D eigenvalue weighted by molar-refractivity contribution is -0.164. The van der Waals surface area contributed by atoms with Gasteiger partial charge in [0.25, 0.3) is 5.56 Å². The second-order valence-electron chi connectivity index (χ2n) is 11.2. The van der Waals surface area contributed by atoms with E-state index >= 15 is 0 Å². The van der Waals surface area contributed by atoms with Gasteiger partial charge >= 0.3 is 17.6 Å². The highest BCUT2D eigenvalue weighted by atomic mass is 32.1. The van der Waals surface area contributed by atoms with Crippen LogP contribution in [0.5, 0.6) is 0 Å². The van der Waals surface area contributed by atoms with E-state index < -0.39 is 40.4 Å². The Morgan fingerprint density at radius 2 is 1.79 bits per heavy atom.